The molecule has 0 spiro atoms. The molecule has 5 aromatic carbocycles. The molecule has 0 saturated heterocycles. The highest BCUT2D eigenvalue weighted by molar-refractivity contribution is 7.07. The maximum atomic E-state index is 2.83. The number of nitrogens with zero attached hydrogens (tertiary/aromatic N) is 1. The molecule has 0 amide bonds. The summed E-state index contributed by atoms with van der Waals surface area (Å²) >= 11 is 0. The van der Waals surface area contributed by atoms with Crippen molar-refractivity contribution in [2.24, 2.45) is 0 Å². The molecule has 3 heteroatoms. The van der Waals surface area contributed by atoms with E-state index in [1.807, 2.05) is 0 Å². The summed E-state index contributed by atoms with van der Waals surface area (Å²) in [5, 5.41) is 0. The van der Waals surface area contributed by atoms with E-state index in [0.29, 0.717) is 0 Å². The average Bonchev–Trinajstić information content (AvgIpc) is 2.97. The van der Waals surface area contributed by atoms with Crippen molar-refractivity contribution in [2.75, 3.05) is 4.72 Å². The third-order valence-electron chi connectivity index (χ3n) is 9.92. The highest BCUT2D eigenvalue weighted by Gasteiger charge is 2.48. The Morgan fingerprint density at radius 2 is 0.953 bits per heavy atom. The lowest BCUT2D eigenvalue weighted by atomic mass is 9.32. The molecule has 5 aromatic rings. The highest BCUT2D eigenvalue weighted by atomic mass is 15.0. The van der Waals surface area contributed by atoms with E-state index in [1.165, 1.54) is 102 Å². The van der Waals surface area contributed by atoms with Crippen molar-refractivity contribution < 1.29 is 0 Å². The zero-order chi connectivity index (χ0) is 30.0. The van der Waals surface area contributed by atoms with Gasteiger partial charge < -0.3 is 4.72 Å². The molecule has 2 aliphatic heterocycles. The van der Waals surface area contributed by atoms with E-state index in [-0.39, 0.29) is 13.7 Å². The molecular formula is C40H41B2N. The Morgan fingerprint density at radius 1 is 0.535 bits per heavy atom. The quantitative estimate of drug-likeness (QED) is 0.206. The maximum absolute atomic E-state index is 2.83. The van der Waals surface area contributed by atoms with Crippen LogP contribution in [0.4, 0.5) is 5.69 Å². The second-order valence-corrected chi connectivity index (χ2v) is 13.2. The minimum Gasteiger partial charge on any atom is -0.444 e. The van der Waals surface area contributed by atoms with E-state index in [4.69, 9.17) is 0 Å². The second kappa shape index (κ2) is 10.6. The fourth-order valence-corrected chi connectivity index (χ4v) is 8.41. The number of anilines is 1. The van der Waals surface area contributed by atoms with Crippen LogP contribution < -0.4 is 26.6 Å². The van der Waals surface area contributed by atoms with Crippen LogP contribution in [-0.2, 0) is 6.42 Å². The molecule has 1 nitrogen and oxygen atoms in total. The van der Waals surface area contributed by atoms with Gasteiger partial charge in [0.15, 0.2) is 0 Å². The van der Waals surface area contributed by atoms with Crippen molar-refractivity contribution in [3.8, 4) is 22.3 Å². The normalized spacial score (nSPS) is 13.1. The monoisotopic (exact) mass is 557 g/mol. The molecule has 0 radical (unpaired) electrons. The van der Waals surface area contributed by atoms with Gasteiger partial charge in [-0.2, -0.15) is 0 Å². The van der Waals surface area contributed by atoms with Crippen molar-refractivity contribution >= 4 is 41.2 Å². The molecule has 7 rings (SSSR count). The van der Waals surface area contributed by atoms with Crippen molar-refractivity contribution in [3.05, 3.63) is 124 Å². The van der Waals surface area contributed by atoms with Crippen LogP contribution in [0.2, 0.25) is 0 Å². The lowest BCUT2D eigenvalue weighted by molar-refractivity contribution is 0.795. The first kappa shape index (κ1) is 27.8. The van der Waals surface area contributed by atoms with Crippen LogP contribution in [-0.4, -0.2) is 13.7 Å². The van der Waals surface area contributed by atoms with Gasteiger partial charge in [-0.3, -0.25) is 0 Å². The Kier molecular flexibility index (Phi) is 6.88. The standard InChI is InChI=1S/C40H41B2N/c1-8-9-14-31-23-34-32-15-10-12-17-36(32)41(38-27(4)19-25(2)20-28(38)5)43-40(34)35(24-31)33-16-11-13-18-37(33)42(43)39-29(6)21-26(3)22-30(39)7/h10-13,15-24H,8-9,14H2,1-7H3. The van der Waals surface area contributed by atoms with E-state index < -0.39 is 0 Å². The van der Waals surface area contributed by atoms with E-state index in [2.05, 4.69) is 138 Å². The van der Waals surface area contributed by atoms with Gasteiger partial charge in [-0.1, -0.05) is 120 Å². The Hall–Kier alpha value is -3.97. The van der Waals surface area contributed by atoms with Gasteiger partial charge in [0.05, 0.1) is 0 Å². The molecule has 0 bridgehead atoms. The summed E-state index contributed by atoms with van der Waals surface area (Å²) in [6, 6.07) is 33.0. The summed E-state index contributed by atoms with van der Waals surface area (Å²) in [7, 11) is 0. The van der Waals surface area contributed by atoms with Gasteiger partial charge in [-0.05, 0) is 105 Å². The first-order chi connectivity index (χ1) is 20.8. The number of fused-ring (bicyclic) bond motifs is 4. The lowest BCUT2D eigenvalue weighted by Gasteiger charge is -2.48. The summed E-state index contributed by atoms with van der Waals surface area (Å²) in [6.45, 7) is 16.2. The molecule has 0 unspecified atom stereocenters. The van der Waals surface area contributed by atoms with Gasteiger partial charge in [0.2, 0.25) is 0 Å². The van der Waals surface area contributed by atoms with Gasteiger partial charge >= 0.3 is 13.7 Å². The predicted molar refractivity (Wildman–Crippen MR) is 190 cm³/mol. The summed E-state index contributed by atoms with van der Waals surface area (Å²) in [5.74, 6) is 0. The molecule has 0 aromatic heterocycles. The van der Waals surface area contributed by atoms with Crippen molar-refractivity contribution in [1.29, 1.82) is 0 Å². The number of aryl methyl sites for hydroxylation is 7. The minimum atomic E-state index is 0.100. The fraction of sp³-hybridized carbons (Fsp3) is 0.250. The SMILES string of the molecule is CCCCc1cc2c3c(c1)-c1ccccc1B(c1c(C)cc(C)cc1C)N3B(c1c(C)cc(C)cc1C)c1ccccc1-2. The third kappa shape index (κ3) is 4.39. The van der Waals surface area contributed by atoms with Gasteiger partial charge in [-0.15, -0.1) is 0 Å². The Bertz CT molecular complexity index is 1730. The largest absolute Gasteiger partial charge is 0.444 e. The molecule has 0 fully saturated rings. The van der Waals surface area contributed by atoms with Gasteiger partial charge in [0, 0.05) is 16.8 Å². The number of benzene rings is 5. The van der Waals surface area contributed by atoms with Crippen LogP contribution in [0.25, 0.3) is 22.3 Å². The van der Waals surface area contributed by atoms with Crippen LogP contribution >= 0.6 is 0 Å². The number of unbranched alkanes of at least 4 members (excludes halogenated alkanes) is 1. The first-order valence-electron chi connectivity index (χ1n) is 16.1. The molecule has 0 atom stereocenters. The molecule has 2 aliphatic rings. The number of rotatable bonds is 5. The van der Waals surface area contributed by atoms with Crippen LogP contribution in [0.5, 0.6) is 0 Å². The summed E-state index contributed by atoms with van der Waals surface area (Å²) in [5.41, 5.74) is 22.2. The molecule has 2 heterocycles. The highest BCUT2D eigenvalue weighted by Crippen LogP contribution is 2.46. The maximum Gasteiger partial charge on any atom is 0.312 e. The summed E-state index contributed by atoms with van der Waals surface area (Å²) in [6.07, 6.45) is 3.52. The lowest BCUT2D eigenvalue weighted by Crippen LogP contribution is -2.73. The van der Waals surface area contributed by atoms with Gasteiger partial charge in [0.25, 0.3) is 0 Å². The number of hydrogen-bond donors (Lipinski definition) is 0. The smallest absolute Gasteiger partial charge is 0.312 e. The third-order valence-corrected chi connectivity index (χ3v) is 9.92. The molecular weight excluding hydrogens is 516 g/mol. The zero-order valence-electron chi connectivity index (χ0n) is 26.8. The second-order valence-electron chi connectivity index (χ2n) is 13.2. The Balaban J connectivity index is 1.64. The zero-order valence-corrected chi connectivity index (χ0v) is 26.8. The molecule has 0 N–H and O–H groups in total. The van der Waals surface area contributed by atoms with E-state index in [9.17, 15) is 0 Å². The minimum absolute atomic E-state index is 0.100. The van der Waals surface area contributed by atoms with Crippen molar-refractivity contribution in [3.63, 3.8) is 0 Å². The Morgan fingerprint density at radius 3 is 1.37 bits per heavy atom. The Labute approximate surface area is 259 Å². The van der Waals surface area contributed by atoms with Crippen LogP contribution in [0.1, 0.15) is 58.7 Å². The van der Waals surface area contributed by atoms with Crippen molar-refractivity contribution in [2.45, 2.75) is 67.7 Å². The van der Waals surface area contributed by atoms with E-state index in [1.54, 1.807) is 0 Å². The van der Waals surface area contributed by atoms with Crippen LogP contribution in [0, 0.1) is 41.5 Å². The fourth-order valence-electron chi connectivity index (χ4n) is 8.41. The average molecular weight is 557 g/mol. The summed E-state index contributed by atoms with van der Waals surface area (Å²) < 4.78 is 2.83. The number of hydrogen-bond acceptors (Lipinski definition) is 1. The van der Waals surface area contributed by atoms with Gasteiger partial charge in [-0.25, -0.2) is 0 Å². The van der Waals surface area contributed by atoms with Gasteiger partial charge in [0.1, 0.15) is 0 Å². The molecule has 212 valence electrons. The van der Waals surface area contributed by atoms with E-state index >= 15 is 0 Å². The molecule has 43 heavy (non-hydrogen) atoms. The molecule has 0 aliphatic carbocycles. The predicted octanol–water partition coefficient (Wildman–Crippen LogP) is 7.26. The van der Waals surface area contributed by atoms with Crippen LogP contribution in [0.3, 0.4) is 0 Å². The first-order valence-corrected chi connectivity index (χ1v) is 16.1. The van der Waals surface area contributed by atoms with Crippen molar-refractivity contribution in [1.82, 2.24) is 0 Å². The summed E-state index contributed by atoms with van der Waals surface area (Å²) in [4.78, 5) is 0. The van der Waals surface area contributed by atoms with E-state index in [0.717, 1.165) is 6.42 Å². The topological polar surface area (TPSA) is 3.24 Å². The molecule has 0 saturated carbocycles. The van der Waals surface area contributed by atoms with Crippen LogP contribution in [0.15, 0.2) is 84.9 Å².